The molecule has 1 N–H and O–H groups in total. The van der Waals surface area contributed by atoms with Gasteiger partial charge in [-0.1, -0.05) is 15.9 Å². The molecule has 1 aromatic carbocycles. The summed E-state index contributed by atoms with van der Waals surface area (Å²) in [5.41, 5.74) is 0.488. The van der Waals surface area contributed by atoms with E-state index in [-0.39, 0.29) is 18.1 Å². The fraction of sp³-hybridized carbons (Fsp3) is 0.300. The normalized spacial score (nSPS) is 15.6. The minimum Gasteiger partial charge on any atom is -0.355 e. The van der Waals surface area contributed by atoms with Crippen LogP contribution in [0.3, 0.4) is 0 Å². The maximum absolute atomic E-state index is 11.3. The van der Waals surface area contributed by atoms with Crippen LogP contribution in [0.25, 0.3) is 0 Å². The number of nitrogens with zero attached hydrogens (tertiary/aromatic N) is 2. The number of hydrogen-bond donors (Lipinski definition) is 1. The molecule has 17 heavy (non-hydrogen) atoms. The third kappa shape index (κ3) is 2.55. The quantitative estimate of drug-likeness (QED) is 0.659. The van der Waals surface area contributed by atoms with E-state index in [1.165, 1.54) is 6.07 Å². The van der Waals surface area contributed by atoms with Gasteiger partial charge in [0.1, 0.15) is 5.69 Å². The summed E-state index contributed by atoms with van der Waals surface area (Å²) in [4.78, 5) is 23.5. The van der Waals surface area contributed by atoms with Gasteiger partial charge in [0, 0.05) is 23.6 Å². The van der Waals surface area contributed by atoms with E-state index in [1.54, 1.807) is 17.0 Å². The van der Waals surface area contributed by atoms with E-state index < -0.39 is 4.92 Å². The summed E-state index contributed by atoms with van der Waals surface area (Å²) >= 11 is 3.20. The SMILES string of the molecule is O=C1CN(c2ccc(Br)cc2[N+](=O)[O-])CCN1. The molecule has 1 aromatic rings. The van der Waals surface area contributed by atoms with Crippen molar-refractivity contribution in [1.82, 2.24) is 5.32 Å². The second-order valence-corrected chi connectivity index (χ2v) is 4.58. The van der Waals surface area contributed by atoms with Crippen molar-refractivity contribution in [1.29, 1.82) is 0 Å². The van der Waals surface area contributed by atoms with E-state index in [1.807, 2.05) is 0 Å². The Bertz CT molecular complexity index is 478. The van der Waals surface area contributed by atoms with E-state index >= 15 is 0 Å². The second-order valence-electron chi connectivity index (χ2n) is 3.66. The summed E-state index contributed by atoms with van der Waals surface area (Å²) < 4.78 is 0.648. The number of piperazine rings is 1. The number of anilines is 1. The highest BCUT2D eigenvalue weighted by Gasteiger charge is 2.23. The smallest absolute Gasteiger partial charge is 0.293 e. The van der Waals surface area contributed by atoms with E-state index in [4.69, 9.17) is 0 Å². The van der Waals surface area contributed by atoms with Crippen LogP contribution < -0.4 is 10.2 Å². The van der Waals surface area contributed by atoms with Crippen LogP contribution in [0.15, 0.2) is 22.7 Å². The predicted molar refractivity (Wildman–Crippen MR) is 66.0 cm³/mol. The number of carbonyl (C=O) groups is 1. The molecule has 7 heteroatoms. The summed E-state index contributed by atoms with van der Waals surface area (Å²) in [6.45, 7) is 1.24. The van der Waals surface area contributed by atoms with Crippen molar-refractivity contribution in [2.24, 2.45) is 0 Å². The van der Waals surface area contributed by atoms with Crippen LogP contribution in [-0.2, 0) is 4.79 Å². The fourth-order valence-corrected chi connectivity index (χ4v) is 2.10. The molecule has 0 aromatic heterocycles. The lowest BCUT2D eigenvalue weighted by Gasteiger charge is -2.28. The molecule has 0 saturated carbocycles. The molecule has 0 radical (unpaired) electrons. The zero-order valence-electron chi connectivity index (χ0n) is 8.85. The minimum atomic E-state index is -0.438. The second kappa shape index (κ2) is 4.70. The Balaban J connectivity index is 2.37. The first-order chi connectivity index (χ1) is 8.08. The highest BCUT2D eigenvalue weighted by molar-refractivity contribution is 9.10. The van der Waals surface area contributed by atoms with E-state index in [9.17, 15) is 14.9 Å². The highest BCUT2D eigenvalue weighted by atomic mass is 79.9. The number of amides is 1. The van der Waals surface area contributed by atoms with Gasteiger partial charge in [0.05, 0.1) is 11.5 Å². The van der Waals surface area contributed by atoms with Crippen molar-refractivity contribution in [3.8, 4) is 0 Å². The Morgan fingerprint density at radius 3 is 2.88 bits per heavy atom. The average molecular weight is 300 g/mol. The maximum Gasteiger partial charge on any atom is 0.293 e. The molecule has 2 rings (SSSR count). The van der Waals surface area contributed by atoms with Crippen molar-refractivity contribution in [2.45, 2.75) is 0 Å². The number of hydrogen-bond acceptors (Lipinski definition) is 4. The van der Waals surface area contributed by atoms with Gasteiger partial charge in [-0.25, -0.2) is 0 Å². The van der Waals surface area contributed by atoms with E-state index in [2.05, 4.69) is 21.2 Å². The topological polar surface area (TPSA) is 75.5 Å². The molecule has 6 nitrogen and oxygen atoms in total. The molecule has 0 aliphatic carbocycles. The number of carbonyl (C=O) groups excluding carboxylic acids is 1. The van der Waals surface area contributed by atoms with Crippen LogP contribution in [0.2, 0.25) is 0 Å². The zero-order valence-corrected chi connectivity index (χ0v) is 10.4. The molecule has 1 aliphatic rings. The molecule has 0 atom stereocenters. The average Bonchev–Trinajstić information content (AvgIpc) is 2.28. The largest absolute Gasteiger partial charge is 0.355 e. The standard InChI is InChI=1S/C10H10BrN3O3/c11-7-1-2-8(9(5-7)14(16)17)13-4-3-12-10(15)6-13/h1-2,5H,3-4,6H2,(H,12,15). The van der Waals surface area contributed by atoms with Crippen molar-refractivity contribution in [3.05, 3.63) is 32.8 Å². The highest BCUT2D eigenvalue weighted by Crippen LogP contribution is 2.31. The van der Waals surface area contributed by atoms with Crippen LogP contribution in [0, 0.1) is 10.1 Å². The molecule has 90 valence electrons. The molecule has 0 spiro atoms. The summed E-state index contributed by atoms with van der Waals surface area (Å²) in [6.07, 6.45) is 0. The van der Waals surface area contributed by atoms with Crippen molar-refractivity contribution in [2.75, 3.05) is 24.5 Å². The molecular formula is C10H10BrN3O3. The van der Waals surface area contributed by atoms with E-state index in [0.29, 0.717) is 23.2 Å². The van der Waals surface area contributed by atoms with Crippen LogP contribution in [0.4, 0.5) is 11.4 Å². The predicted octanol–water partition coefficient (Wildman–Crippen LogP) is 1.29. The first-order valence-corrected chi connectivity index (χ1v) is 5.83. The zero-order chi connectivity index (χ0) is 12.4. The van der Waals surface area contributed by atoms with Crippen LogP contribution in [0.5, 0.6) is 0 Å². The van der Waals surface area contributed by atoms with Gasteiger partial charge >= 0.3 is 0 Å². The number of benzene rings is 1. The summed E-state index contributed by atoms with van der Waals surface area (Å²) in [7, 11) is 0. The van der Waals surface area contributed by atoms with Gasteiger partial charge in [0.15, 0.2) is 0 Å². The molecule has 1 aliphatic heterocycles. The van der Waals surface area contributed by atoms with Crippen molar-refractivity contribution < 1.29 is 9.72 Å². The van der Waals surface area contributed by atoms with E-state index in [0.717, 1.165) is 0 Å². The first kappa shape index (κ1) is 11.8. The van der Waals surface area contributed by atoms with Gasteiger partial charge in [-0.15, -0.1) is 0 Å². The molecule has 0 unspecified atom stereocenters. The van der Waals surface area contributed by atoms with Gasteiger partial charge in [-0.3, -0.25) is 14.9 Å². The van der Waals surface area contributed by atoms with Gasteiger partial charge < -0.3 is 10.2 Å². The van der Waals surface area contributed by atoms with Gasteiger partial charge in [0.25, 0.3) is 5.69 Å². The molecular weight excluding hydrogens is 290 g/mol. The Kier molecular flexibility index (Phi) is 3.28. The molecule has 1 saturated heterocycles. The monoisotopic (exact) mass is 299 g/mol. The Labute approximate surface area is 106 Å². The van der Waals surface area contributed by atoms with Gasteiger partial charge in [-0.05, 0) is 12.1 Å². The van der Waals surface area contributed by atoms with Crippen molar-refractivity contribution in [3.63, 3.8) is 0 Å². The van der Waals surface area contributed by atoms with Crippen molar-refractivity contribution >= 4 is 33.2 Å². The van der Waals surface area contributed by atoms with Crippen LogP contribution in [-0.4, -0.2) is 30.5 Å². The Morgan fingerprint density at radius 2 is 2.24 bits per heavy atom. The maximum atomic E-state index is 11.3. The lowest BCUT2D eigenvalue weighted by molar-refractivity contribution is -0.384. The number of nitrogens with one attached hydrogen (secondary N) is 1. The Morgan fingerprint density at radius 1 is 1.47 bits per heavy atom. The third-order valence-corrected chi connectivity index (χ3v) is 3.01. The first-order valence-electron chi connectivity index (χ1n) is 5.03. The van der Waals surface area contributed by atoms with Gasteiger partial charge in [-0.2, -0.15) is 0 Å². The van der Waals surface area contributed by atoms with Crippen LogP contribution in [0.1, 0.15) is 0 Å². The number of nitro groups is 1. The molecule has 0 bridgehead atoms. The third-order valence-electron chi connectivity index (χ3n) is 2.51. The lowest BCUT2D eigenvalue weighted by atomic mass is 10.2. The van der Waals surface area contributed by atoms with Crippen LogP contribution >= 0.6 is 15.9 Å². The summed E-state index contributed by atoms with van der Waals surface area (Å²) in [5.74, 6) is -0.117. The summed E-state index contributed by atoms with van der Waals surface area (Å²) in [6, 6.07) is 4.83. The number of halogens is 1. The molecule has 1 fully saturated rings. The number of rotatable bonds is 2. The minimum absolute atomic E-state index is 0.00840. The molecule has 1 heterocycles. The number of nitro benzene ring substituents is 1. The fourth-order valence-electron chi connectivity index (χ4n) is 1.75. The Hall–Kier alpha value is -1.63. The molecule has 1 amide bonds. The van der Waals surface area contributed by atoms with Gasteiger partial charge in [0.2, 0.25) is 5.91 Å². The summed E-state index contributed by atoms with van der Waals surface area (Å²) in [5, 5.41) is 13.6. The lowest BCUT2D eigenvalue weighted by Crippen LogP contribution is -2.47.